The topological polar surface area (TPSA) is 146 Å². The van der Waals surface area contributed by atoms with Crippen molar-refractivity contribution in [2.24, 2.45) is 5.92 Å². The van der Waals surface area contributed by atoms with Gasteiger partial charge in [0, 0.05) is 25.3 Å². The van der Waals surface area contributed by atoms with Gasteiger partial charge >= 0.3 is 23.9 Å². The number of aliphatic hydroxyl groups excluding tert-OH is 1. The van der Waals surface area contributed by atoms with E-state index >= 15 is 0 Å². The van der Waals surface area contributed by atoms with Crippen molar-refractivity contribution in [2.75, 3.05) is 0 Å². The summed E-state index contributed by atoms with van der Waals surface area (Å²) < 4.78 is 23.2. The van der Waals surface area contributed by atoms with Crippen molar-refractivity contribution in [1.29, 1.82) is 0 Å². The van der Waals surface area contributed by atoms with Gasteiger partial charge in [-0.2, -0.15) is 0 Å². The zero-order valence-electron chi connectivity index (χ0n) is 24.3. The molecule has 0 aromatic rings. The Bertz CT molecular complexity index is 1120. The van der Waals surface area contributed by atoms with Gasteiger partial charge in [-0.3, -0.25) is 9.59 Å². The fourth-order valence-electron chi connectivity index (χ4n) is 6.12. The number of fused-ring (bicyclic) bond motifs is 3. The molecule has 222 valence electrons. The highest BCUT2D eigenvalue weighted by molar-refractivity contribution is 5.94. The fraction of sp³-hybridized carbons (Fsp3) is 0.667. The van der Waals surface area contributed by atoms with Crippen molar-refractivity contribution < 1.29 is 48.3 Å². The standard InChI is InChI=1S/C30H42O10/c1-8-10-11-12-13-14-21(33)37-25-23-22(17(4)24(25)38-27(34)16(3)9-2)26-30(36,18(5)28(35)39-26)20(32)15-29(23,7)40-19(6)31/h9,20,23-26,32,36H,5,8,10-15H2,1-4,6-7H3/b16-9-/t20-,23+,24-,25-,26-,29-,30+/m0/s1. The molecule has 0 bridgehead atoms. The van der Waals surface area contributed by atoms with Crippen LogP contribution in [0.15, 0.2) is 34.9 Å². The van der Waals surface area contributed by atoms with Crippen molar-refractivity contribution in [1.82, 2.24) is 0 Å². The van der Waals surface area contributed by atoms with E-state index in [4.69, 9.17) is 18.9 Å². The van der Waals surface area contributed by atoms with E-state index in [0.29, 0.717) is 17.6 Å². The van der Waals surface area contributed by atoms with E-state index < -0.39 is 65.4 Å². The highest BCUT2D eigenvalue weighted by Crippen LogP contribution is 2.55. The van der Waals surface area contributed by atoms with Crippen LogP contribution in [0.4, 0.5) is 0 Å². The van der Waals surface area contributed by atoms with E-state index in [9.17, 15) is 29.4 Å². The first-order valence-electron chi connectivity index (χ1n) is 14.0. The predicted molar refractivity (Wildman–Crippen MR) is 144 cm³/mol. The molecule has 0 aromatic heterocycles. The van der Waals surface area contributed by atoms with Crippen molar-refractivity contribution in [3.8, 4) is 0 Å². The summed E-state index contributed by atoms with van der Waals surface area (Å²) in [4.78, 5) is 50.9. The molecule has 40 heavy (non-hydrogen) atoms. The van der Waals surface area contributed by atoms with E-state index in [2.05, 4.69) is 13.5 Å². The van der Waals surface area contributed by atoms with Gasteiger partial charge in [0.25, 0.3) is 0 Å². The molecule has 7 atom stereocenters. The number of hydrogen-bond donors (Lipinski definition) is 2. The lowest BCUT2D eigenvalue weighted by Gasteiger charge is -2.39. The van der Waals surface area contributed by atoms with Crippen LogP contribution in [0.1, 0.15) is 86.5 Å². The Morgan fingerprint density at radius 2 is 1.80 bits per heavy atom. The van der Waals surface area contributed by atoms with Gasteiger partial charge in [-0.25, -0.2) is 9.59 Å². The minimum Gasteiger partial charge on any atom is -0.459 e. The minimum absolute atomic E-state index is 0.127. The molecule has 0 radical (unpaired) electrons. The number of carbonyl (C=O) groups excluding carboxylic acids is 4. The number of esters is 4. The number of ether oxygens (including phenoxy) is 4. The van der Waals surface area contributed by atoms with Crippen LogP contribution in [0.2, 0.25) is 0 Å². The molecular weight excluding hydrogens is 520 g/mol. The van der Waals surface area contributed by atoms with Gasteiger partial charge in [-0.1, -0.05) is 45.3 Å². The number of rotatable bonds is 10. The van der Waals surface area contributed by atoms with Gasteiger partial charge < -0.3 is 29.2 Å². The lowest BCUT2D eigenvalue weighted by Crippen LogP contribution is -2.52. The molecule has 2 aliphatic carbocycles. The summed E-state index contributed by atoms with van der Waals surface area (Å²) in [7, 11) is 0. The van der Waals surface area contributed by atoms with Gasteiger partial charge in [0.05, 0.1) is 17.6 Å². The summed E-state index contributed by atoms with van der Waals surface area (Å²) in [5, 5.41) is 22.9. The third kappa shape index (κ3) is 5.74. The fourth-order valence-corrected chi connectivity index (χ4v) is 6.12. The van der Waals surface area contributed by atoms with Crippen LogP contribution in [-0.4, -0.2) is 69.7 Å². The summed E-state index contributed by atoms with van der Waals surface area (Å²) in [6.45, 7) is 13.4. The molecule has 1 aliphatic heterocycles. The molecule has 10 nitrogen and oxygen atoms in total. The highest BCUT2D eigenvalue weighted by Gasteiger charge is 2.68. The molecule has 1 heterocycles. The van der Waals surface area contributed by atoms with E-state index in [0.717, 1.165) is 25.7 Å². The second-order valence-electron chi connectivity index (χ2n) is 11.2. The maximum Gasteiger partial charge on any atom is 0.337 e. The molecule has 0 amide bonds. The summed E-state index contributed by atoms with van der Waals surface area (Å²) in [5.41, 5.74) is -3.19. The Labute approximate surface area is 235 Å². The molecule has 1 saturated carbocycles. The molecule has 10 heteroatoms. The molecule has 0 spiro atoms. The van der Waals surface area contributed by atoms with Gasteiger partial charge in [-0.15, -0.1) is 0 Å². The van der Waals surface area contributed by atoms with Crippen LogP contribution in [0.25, 0.3) is 0 Å². The van der Waals surface area contributed by atoms with Crippen LogP contribution in [0.5, 0.6) is 0 Å². The Morgan fingerprint density at radius 1 is 1.15 bits per heavy atom. The van der Waals surface area contributed by atoms with Crippen LogP contribution in [0, 0.1) is 5.92 Å². The van der Waals surface area contributed by atoms with E-state index in [1.54, 1.807) is 33.8 Å². The molecule has 0 unspecified atom stereocenters. The zero-order valence-corrected chi connectivity index (χ0v) is 24.3. The van der Waals surface area contributed by atoms with E-state index in [-0.39, 0.29) is 24.0 Å². The number of carbonyl (C=O) groups is 4. The summed E-state index contributed by atoms with van der Waals surface area (Å²) >= 11 is 0. The van der Waals surface area contributed by atoms with Crippen molar-refractivity contribution in [3.63, 3.8) is 0 Å². The first-order valence-corrected chi connectivity index (χ1v) is 14.0. The molecular formula is C30H42O10. The smallest absolute Gasteiger partial charge is 0.337 e. The molecule has 1 saturated heterocycles. The lowest BCUT2D eigenvalue weighted by molar-refractivity contribution is -0.183. The minimum atomic E-state index is -2.24. The van der Waals surface area contributed by atoms with Gasteiger partial charge in [0.15, 0.2) is 23.9 Å². The third-order valence-electron chi connectivity index (χ3n) is 8.36. The predicted octanol–water partition coefficient (Wildman–Crippen LogP) is 3.38. The maximum atomic E-state index is 13.1. The SMILES string of the molecule is C=C1C(=O)O[C@H]2C3=C(C)[C@H](OC(=O)/C(C)=C\C)[C@@H](OC(=O)CCCCCCC)[C@@H]3[C@@](C)(OC(C)=O)C[C@H](O)[C@]12O. The van der Waals surface area contributed by atoms with E-state index in [1.807, 2.05) is 0 Å². The largest absolute Gasteiger partial charge is 0.459 e. The average Bonchev–Trinajstić information content (AvgIpc) is 3.25. The van der Waals surface area contributed by atoms with E-state index in [1.165, 1.54) is 6.92 Å². The molecule has 2 fully saturated rings. The monoisotopic (exact) mass is 562 g/mol. The Morgan fingerprint density at radius 3 is 2.40 bits per heavy atom. The van der Waals surface area contributed by atoms with Crippen molar-refractivity contribution in [3.05, 3.63) is 34.9 Å². The highest BCUT2D eigenvalue weighted by atomic mass is 16.6. The zero-order chi connectivity index (χ0) is 30.0. The van der Waals surface area contributed by atoms with Gasteiger partial charge in [0.1, 0.15) is 5.60 Å². The summed E-state index contributed by atoms with van der Waals surface area (Å²) in [6, 6.07) is 0. The number of unbranched alkanes of at least 4 members (excludes halogenated alkanes) is 4. The number of hydrogen-bond acceptors (Lipinski definition) is 10. The first kappa shape index (κ1) is 31.5. The van der Waals surface area contributed by atoms with Crippen LogP contribution >= 0.6 is 0 Å². The third-order valence-corrected chi connectivity index (χ3v) is 8.36. The molecule has 3 aliphatic rings. The van der Waals surface area contributed by atoms with Gasteiger partial charge in [-0.05, 0) is 45.3 Å². The first-order chi connectivity index (χ1) is 18.7. The Hall–Kier alpha value is -2.98. The van der Waals surface area contributed by atoms with Gasteiger partial charge in [0.2, 0.25) is 0 Å². The second-order valence-corrected chi connectivity index (χ2v) is 11.2. The normalized spacial score (nSPS) is 33.6. The number of aliphatic hydroxyl groups is 2. The Balaban J connectivity index is 2.12. The summed E-state index contributed by atoms with van der Waals surface area (Å²) in [6.07, 6.45) is 0.583. The quantitative estimate of drug-likeness (QED) is 0.134. The maximum absolute atomic E-state index is 13.1. The Kier molecular flexibility index (Phi) is 9.67. The molecule has 0 aromatic carbocycles. The second kappa shape index (κ2) is 12.3. The van der Waals surface area contributed by atoms with Crippen LogP contribution in [0.3, 0.4) is 0 Å². The van der Waals surface area contributed by atoms with Crippen LogP contribution < -0.4 is 0 Å². The average molecular weight is 563 g/mol. The number of allylic oxidation sites excluding steroid dienone is 1. The molecule has 3 rings (SSSR count). The summed E-state index contributed by atoms with van der Waals surface area (Å²) in [5.74, 6) is -3.77. The van der Waals surface area contributed by atoms with Crippen molar-refractivity contribution in [2.45, 2.75) is 122 Å². The lowest BCUT2D eigenvalue weighted by atomic mass is 9.79. The molecule has 2 N–H and O–H groups in total. The van der Waals surface area contributed by atoms with Crippen LogP contribution in [-0.2, 0) is 38.1 Å². The van der Waals surface area contributed by atoms with Crippen molar-refractivity contribution >= 4 is 23.9 Å².